The maximum Gasteiger partial charge on any atom is 0.109 e. The van der Waals surface area contributed by atoms with E-state index in [1.54, 1.807) is 18.4 Å². The molecular weight excluding hydrogens is 238 g/mol. The van der Waals surface area contributed by atoms with Crippen molar-refractivity contribution in [3.05, 3.63) is 16.1 Å². The van der Waals surface area contributed by atoms with Crippen LogP contribution in [-0.4, -0.2) is 18.2 Å². The average Bonchev–Trinajstić information content (AvgIpc) is 2.49. The Morgan fingerprint density at radius 3 is 2.75 bits per heavy atom. The lowest BCUT2D eigenvalue weighted by Gasteiger charge is -2.13. The van der Waals surface area contributed by atoms with Crippen LogP contribution in [0.15, 0.2) is 5.38 Å². The lowest BCUT2D eigenvalue weighted by Crippen LogP contribution is -2.11. The van der Waals surface area contributed by atoms with E-state index in [4.69, 9.17) is 4.74 Å². The van der Waals surface area contributed by atoms with Gasteiger partial charge in [-0.05, 0) is 13.8 Å². The largest absolute Gasteiger partial charge is 0.380 e. The topological polar surface area (TPSA) is 22.1 Å². The maximum atomic E-state index is 5.20. The number of aromatic nitrogens is 1. The first kappa shape index (κ1) is 10.2. The van der Waals surface area contributed by atoms with Gasteiger partial charge in [-0.25, -0.2) is 4.98 Å². The second kappa shape index (κ2) is 4.35. The molecular formula is C8H12BrNOS. The third kappa shape index (κ3) is 2.28. The summed E-state index contributed by atoms with van der Waals surface area (Å²) in [5, 5.41) is 3.13. The van der Waals surface area contributed by atoms with E-state index >= 15 is 0 Å². The summed E-state index contributed by atoms with van der Waals surface area (Å²) in [5.74, 6) is 0. The molecule has 0 bridgehead atoms. The number of hydrogen-bond acceptors (Lipinski definition) is 3. The van der Waals surface area contributed by atoms with Crippen molar-refractivity contribution in [3.63, 3.8) is 0 Å². The predicted molar refractivity (Wildman–Crippen MR) is 55.0 cm³/mol. The van der Waals surface area contributed by atoms with Crippen molar-refractivity contribution in [3.8, 4) is 0 Å². The summed E-state index contributed by atoms with van der Waals surface area (Å²) in [6, 6.07) is 0. The smallest absolute Gasteiger partial charge is 0.109 e. The molecule has 1 aromatic rings. The fourth-order valence-electron chi connectivity index (χ4n) is 0.819. The lowest BCUT2D eigenvalue weighted by atomic mass is 10.3. The highest BCUT2D eigenvalue weighted by atomic mass is 79.9. The molecule has 0 fully saturated rings. The van der Waals surface area contributed by atoms with E-state index in [0.717, 1.165) is 10.7 Å². The van der Waals surface area contributed by atoms with Gasteiger partial charge in [-0.2, -0.15) is 0 Å². The number of rotatable bonds is 3. The first-order valence-corrected chi connectivity index (χ1v) is 5.53. The normalized spacial score (nSPS) is 16.0. The van der Waals surface area contributed by atoms with E-state index in [-0.39, 0.29) is 10.9 Å². The molecule has 0 aliphatic carbocycles. The summed E-state index contributed by atoms with van der Waals surface area (Å²) in [6.45, 7) is 4.02. The summed E-state index contributed by atoms with van der Waals surface area (Å²) in [6.07, 6.45) is 0.163. The maximum absolute atomic E-state index is 5.20. The van der Waals surface area contributed by atoms with Crippen molar-refractivity contribution in [1.29, 1.82) is 0 Å². The molecule has 0 N–H and O–H groups in total. The lowest BCUT2D eigenvalue weighted by molar-refractivity contribution is 0.117. The SMILES string of the molecule is COC(C)C(Br)c1nc(C)cs1. The molecule has 2 nitrogen and oxygen atoms in total. The van der Waals surface area contributed by atoms with Crippen molar-refractivity contribution in [2.24, 2.45) is 0 Å². The molecule has 0 amide bonds. The molecule has 1 aromatic heterocycles. The Labute approximate surface area is 85.1 Å². The minimum Gasteiger partial charge on any atom is -0.380 e. The minimum atomic E-state index is 0.163. The molecule has 0 aliphatic heterocycles. The first-order chi connectivity index (χ1) is 5.65. The average molecular weight is 250 g/mol. The van der Waals surface area contributed by atoms with Gasteiger partial charge in [0.25, 0.3) is 0 Å². The number of hydrogen-bond donors (Lipinski definition) is 0. The van der Waals surface area contributed by atoms with Crippen LogP contribution in [0.5, 0.6) is 0 Å². The molecule has 4 heteroatoms. The van der Waals surface area contributed by atoms with E-state index in [2.05, 4.69) is 20.9 Å². The van der Waals surface area contributed by atoms with Gasteiger partial charge in [0.2, 0.25) is 0 Å². The zero-order valence-corrected chi connectivity index (χ0v) is 9.78. The molecule has 0 saturated carbocycles. The van der Waals surface area contributed by atoms with E-state index < -0.39 is 0 Å². The molecule has 0 aliphatic rings. The number of alkyl halides is 1. The highest BCUT2D eigenvalue weighted by Gasteiger charge is 2.18. The van der Waals surface area contributed by atoms with Crippen LogP contribution >= 0.6 is 27.3 Å². The molecule has 0 radical (unpaired) electrons. The monoisotopic (exact) mass is 249 g/mol. The summed E-state index contributed by atoms with van der Waals surface area (Å²) < 4.78 is 5.20. The van der Waals surface area contributed by atoms with Crippen molar-refractivity contribution in [2.45, 2.75) is 24.8 Å². The number of nitrogens with zero attached hydrogens (tertiary/aromatic N) is 1. The quantitative estimate of drug-likeness (QED) is 0.769. The molecule has 0 saturated heterocycles. The van der Waals surface area contributed by atoms with Crippen LogP contribution in [0.2, 0.25) is 0 Å². The fourth-order valence-corrected chi connectivity index (χ4v) is 2.32. The van der Waals surface area contributed by atoms with Crippen LogP contribution in [-0.2, 0) is 4.74 Å². The number of aryl methyl sites for hydroxylation is 1. The molecule has 1 rings (SSSR count). The first-order valence-electron chi connectivity index (χ1n) is 3.74. The van der Waals surface area contributed by atoms with Crippen LogP contribution in [0, 0.1) is 6.92 Å². The van der Waals surface area contributed by atoms with E-state index in [9.17, 15) is 0 Å². The summed E-state index contributed by atoms with van der Waals surface area (Å²) in [7, 11) is 1.71. The number of thiazole rings is 1. The van der Waals surface area contributed by atoms with Gasteiger partial charge in [-0.15, -0.1) is 11.3 Å². The van der Waals surface area contributed by atoms with Crippen molar-refractivity contribution >= 4 is 27.3 Å². The van der Waals surface area contributed by atoms with Crippen molar-refractivity contribution in [1.82, 2.24) is 4.98 Å². The van der Waals surface area contributed by atoms with E-state index in [1.165, 1.54) is 0 Å². The minimum absolute atomic E-state index is 0.163. The Balaban J connectivity index is 2.70. The van der Waals surface area contributed by atoms with Gasteiger partial charge in [0.15, 0.2) is 0 Å². The number of ether oxygens (including phenoxy) is 1. The molecule has 2 unspecified atom stereocenters. The third-order valence-electron chi connectivity index (χ3n) is 1.66. The highest BCUT2D eigenvalue weighted by molar-refractivity contribution is 9.09. The van der Waals surface area contributed by atoms with Crippen LogP contribution in [0.25, 0.3) is 0 Å². The van der Waals surface area contributed by atoms with Gasteiger partial charge in [0, 0.05) is 18.2 Å². The van der Waals surface area contributed by atoms with Crippen molar-refractivity contribution in [2.75, 3.05) is 7.11 Å². The Hall–Kier alpha value is 0.0700. The molecule has 0 spiro atoms. The van der Waals surface area contributed by atoms with Gasteiger partial charge >= 0.3 is 0 Å². The van der Waals surface area contributed by atoms with Gasteiger partial charge in [0.05, 0.1) is 10.9 Å². The Morgan fingerprint density at radius 1 is 1.67 bits per heavy atom. The Bertz CT molecular complexity index is 251. The van der Waals surface area contributed by atoms with Crippen LogP contribution < -0.4 is 0 Å². The van der Waals surface area contributed by atoms with Crippen LogP contribution in [0.4, 0.5) is 0 Å². The molecule has 2 atom stereocenters. The Morgan fingerprint density at radius 2 is 2.33 bits per heavy atom. The Kier molecular flexibility index (Phi) is 3.68. The second-order valence-corrected chi connectivity index (χ2v) is 4.55. The van der Waals surface area contributed by atoms with E-state index in [1.807, 2.05) is 19.2 Å². The standard InChI is InChI=1S/C8H12BrNOS/c1-5-4-12-8(10-5)7(9)6(2)11-3/h4,6-7H,1-3H3. The highest BCUT2D eigenvalue weighted by Crippen LogP contribution is 2.30. The molecule has 1 heterocycles. The van der Waals surface area contributed by atoms with Crippen molar-refractivity contribution < 1.29 is 4.74 Å². The zero-order chi connectivity index (χ0) is 9.14. The number of halogens is 1. The zero-order valence-electron chi connectivity index (χ0n) is 7.37. The number of methoxy groups -OCH3 is 1. The second-order valence-electron chi connectivity index (χ2n) is 2.67. The van der Waals surface area contributed by atoms with Gasteiger partial charge in [-0.1, -0.05) is 15.9 Å². The predicted octanol–water partition coefficient (Wildman–Crippen LogP) is 2.92. The van der Waals surface area contributed by atoms with Crippen LogP contribution in [0.1, 0.15) is 22.5 Å². The van der Waals surface area contributed by atoms with Gasteiger partial charge in [0.1, 0.15) is 5.01 Å². The van der Waals surface area contributed by atoms with E-state index in [0.29, 0.717) is 0 Å². The molecule has 12 heavy (non-hydrogen) atoms. The molecule has 0 aromatic carbocycles. The van der Waals surface area contributed by atoms with Gasteiger partial charge in [-0.3, -0.25) is 0 Å². The fraction of sp³-hybridized carbons (Fsp3) is 0.625. The summed E-state index contributed by atoms with van der Waals surface area (Å²) in [5.41, 5.74) is 1.07. The van der Waals surface area contributed by atoms with Crippen LogP contribution in [0.3, 0.4) is 0 Å². The third-order valence-corrected chi connectivity index (χ3v) is 4.18. The summed E-state index contributed by atoms with van der Waals surface area (Å²) >= 11 is 5.21. The van der Waals surface area contributed by atoms with Gasteiger partial charge < -0.3 is 4.74 Å². The molecule has 68 valence electrons. The summed E-state index contributed by atoms with van der Waals surface area (Å²) in [4.78, 5) is 4.58.